The molecule has 0 bridgehead atoms. The number of rotatable bonds is 14. The van der Waals surface area contributed by atoms with Crippen LogP contribution in [0.1, 0.15) is 153 Å². The third kappa shape index (κ3) is 9.26. The molecule has 1 aromatic carbocycles. The summed E-state index contributed by atoms with van der Waals surface area (Å²) in [5.41, 5.74) is 3.09. The average molecular weight is 478 g/mol. The minimum Gasteiger partial charge on any atom is -0.198 e. The highest BCUT2D eigenvalue weighted by Gasteiger charge is 2.36. The number of hydrogen-bond acceptors (Lipinski definition) is 1. The summed E-state index contributed by atoms with van der Waals surface area (Å²) < 4.78 is 0. The zero-order valence-corrected chi connectivity index (χ0v) is 23.5. The van der Waals surface area contributed by atoms with E-state index < -0.39 is 0 Å². The van der Waals surface area contributed by atoms with Gasteiger partial charge in [0.15, 0.2) is 0 Å². The minimum atomic E-state index is -0.00532. The molecule has 196 valence electrons. The van der Waals surface area contributed by atoms with E-state index in [0.717, 1.165) is 42.9 Å². The van der Waals surface area contributed by atoms with E-state index in [1.165, 1.54) is 108 Å². The van der Waals surface area contributed by atoms with Crippen molar-refractivity contribution in [2.45, 2.75) is 149 Å². The molecule has 0 aromatic heterocycles. The van der Waals surface area contributed by atoms with E-state index in [4.69, 9.17) is 0 Å². The molecule has 1 aromatic rings. The standard InChI is InChI=1S/C34H55N/c1-4-6-7-8-9-10-11-29-12-16-32(17-13-29)33-18-14-30(15-19-33)20-23-34(27-35)24-21-31(22-25-34)26-28(3)5-2/h12-13,16-17,28,30-31,33H,4-11,14-15,18-26H2,1-3H3/t28-,30-,31-,33-,34-/m1/s1. The largest absolute Gasteiger partial charge is 0.198 e. The van der Waals surface area contributed by atoms with Crippen molar-refractivity contribution in [2.24, 2.45) is 23.2 Å². The number of nitrogens with zero attached hydrogens (tertiary/aromatic N) is 1. The fraction of sp³-hybridized carbons (Fsp3) is 0.794. The van der Waals surface area contributed by atoms with Gasteiger partial charge in [-0.2, -0.15) is 5.26 Å². The fourth-order valence-electron chi connectivity index (χ4n) is 6.95. The summed E-state index contributed by atoms with van der Waals surface area (Å²) in [7, 11) is 0. The molecular weight excluding hydrogens is 422 g/mol. The van der Waals surface area contributed by atoms with Gasteiger partial charge in [-0.1, -0.05) is 83.6 Å². The lowest BCUT2D eigenvalue weighted by Gasteiger charge is -2.37. The number of aryl methyl sites for hydroxylation is 1. The van der Waals surface area contributed by atoms with Crippen LogP contribution in [0.25, 0.3) is 0 Å². The molecule has 2 saturated carbocycles. The van der Waals surface area contributed by atoms with Crippen LogP contribution in [0.5, 0.6) is 0 Å². The van der Waals surface area contributed by atoms with Crippen LogP contribution in [0.2, 0.25) is 0 Å². The molecule has 0 unspecified atom stereocenters. The Morgan fingerprint density at radius 3 is 2.14 bits per heavy atom. The Morgan fingerprint density at radius 2 is 1.51 bits per heavy atom. The lowest BCUT2D eigenvalue weighted by atomic mass is 9.66. The molecule has 1 nitrogen and oxygen atoms in total. The third-order valence-electron chi connectivity index (χ3n) is 9.88. The highest BCUT2D eigenvalue weighted by Crippen LogP contribution is 2.46. The van der Waals surface area contributed by atoms with E-state index in [9.17, 15) is 5.26 Å². The summed E-state index contributed by atoms with van der Waals surface area (Å²) >= 11 is 0. The Morgan fingerprint density at radius 1 is 0.857 bits per heavy atom. The molecule has 0 N–H and O–H groups in total. The Kier molecular flexibility index (Phi) is 12.2. The lowest BCUT2D eigenvalue weighted by Crippen LogP contribution is -2.28. The lowest BCUT2D eigenvalue weighted by molar-refractivity contribution is 0.160. The van der Waals surface area contributed by atoms with Gasteiger partial charge in [0.25, 0.3) is 0 Å². The second-order valence-electron chi connectivity index (χ2n) is 12.6. The molecule has 2 aliphatic carbocycles. The molecule has 0 aliphatic heterocycles. The molecule has 3 rings (SSSR count). The van der Waals surface area contributed by atoms with Crippen molar-refractivity contribution in [1.29, 1.82) is 5.26 Å². The van der Waals surface area contributed by atoms with Gasteiger partial charge in [-0.05, 0) is 118 Å². The minimum absolute atomic E-state index is 0.00532. The van der Waals surface area contributed by atoms with E-state index in [1.807, 2.05) is 0 Å². The molecule has 0 spiro atoms. The summed E-state index contributed by atoms with van der Waals surface area (Å²) in [6.07, 6.45) is 25.0. The summed E-state index contributed by atoms with van der Waals surface area (Å²) in [6, 6.07) is 12.5. The normalized spacial score (nSPS) is 27.9. The number of benzene rings is 1. The van der Waals surface area contributed by atoms with Crippen LogP contribution in [0.4, 0.5) is 0 Å². The smallest absolute Gasteiger partial charge is 0.0689 e. The van der Waals surface area contributed by atoms with Crippen LogP contribution in [-0.2, 0) is 6.42 Å². The van der Waals surface area contributed by atoms with Crippen LogP contribution in [-0.4, -0.2) is 0 Å². The van der Waals surface area contributed by atoms with Crippen LogP contribution < -0.4 is 0 Å². The molecule has 2 aliphatic rings. The van der Waals surface area contributed by atoms with Gasteiger partial charge in [0.2, 0.25) is 0 Å². The molecule has 35 heavy (non-hydrogen) atoms. The molecule has 0 heterocycles. The summed E-state index contributed by atoms with van der Waals surface area (Å²) in [5.74, 6) is 3.33. The van der Waals surface area contributed by atoms with Crippen molar-refractivity contribution < 1.29 is 0 Å². The fourth-order valence-corrected chi connectivity index (χ4v) is 6.95. The third-order valence-corrected chi connectivity index (χ3v) is 9.88. The van der Waals surface area contributed by atoms with Gasteiger partial charge in [0, 0.05) is 0 Å². The van der Waals surface area contributed by atoms with Crippen molar-refractivity contribution >= 4 is 0 Å². The van der Waals surface area contributed by atoms with Crippen LogP contribution in [0.3, 0.4) is 0 Å². The predicted octanol–water partition coefficient (Wildman–Crippen LogP) is 10.8. The Bertz CT molecular complexity index is 725. The molecule has 1 heteroatoms. The van der Waals surface area contributed by atoms with Crippen molar-refractivity contribution in [3.8, 4) is 6.07 Å². The summed E-state index contributed by atoms with van der Waals surface area (Å²) in [6.45, 7) is 7.00. The van der Waals surface area contributed by atoms with Gasteiger partial charge < -0.3 is 0 Å². The first-order valence-corrected chi connectivity index (χ1v) is 15.6. The average Bonchev–Trinajstić information content (AvgIpc) is 2.91. The van der Waals surface area contributed by atoms with Gasteiger partial charge in [0.1, 0.15) is 0 Å². The Balaban J connectivity index is 1.35. The molecule has 0 radical (unpaired) electrons. The van der Waals surface area contributed by atoms with Crippen molar-refractivity contribution in [1.82, 2.24) is 0 Å². The number of nitriles is 1. The van der Waals surface area contributed by atoms with E-state index in [0.29, 0.717) is 0 Å². The van der Waals surface area contributed by atoms with Gasteiger partial charge in [-0.15, -0.1) is 0 Å². The van der Waals surface area contributed by atoms with Crippen molar-refractivity contribution in [2.75, 3.05) is 0 Å². The van der Waals surface area contributed by atoms with E-state index >= 15 is 0 Å². The summed E-state index contributed by atoms with van der Waals surface area (Å²) in [5, 5.41) is 10.1. The molecule has 0 saturated heterocycles. The molecule has 1 atom stereocenters. The number of unbranched alkanes of at least 4 members (excludes halogenated alkanes) is 5. The summed E-state index contributed by atoms with van der Waals surface area (Å²) in [4.78, 5) is 0. The van der Waals surface area contributed by atoms with Crippen LogP contribution in [0.15, 0.2) is 24.3 Å². The second kappa shape index (κ2) is 15.1. The van der Waals surface area contributed by atoms with E-state index in [2.05, 4.69) is 51.1 Å². The highest BCUT2D eigenvalue weighted by molar-refractivity contribution is 5.26. The second-order valence-corrected chi connectivity index (χ2v) is 12.6. The van der Waals surface area contributed by atoms with Crippen molar-refractivity contribution in [3.05, 3.63) is 35.4 Å². The maximum atomic E-state index is 10.1. The van der Waals surface area contributed by atoms with Crippen LogP contribution >= 0.6 is 0 Å². The molecule has 0 amide bonds. The van der Waals surface area contributed by atoms with Gasteiger partial charge >= 0.3 is 0 Å². The zero-order chi connectivity index (χ0) is 24.9. The van der Waals surface area contributed by atoms with Gasteiger partial charge in [-0.3, -0.25) is 0 Å². The molecular formula is C34H55N. The first kappa shape index (κ1) is 28.3. The number of hydrogen-bond donors (Lipinski definition) is 0. The maximum Gasteiger partial charge on any atom is 0.0689 e. The first-order chi connectivity index (χ1) is 17.1. The topological polar surface area (TPSA) is 23.8 Å². The predicted molar refractivity (Wildman–Crippen MR) is 152 cm³/mol. The van der Waals surface area contributed by atoms with E-state index in [1.54, 1.807) is 5.56 Å². The first-order valence-electron chi connectivity index (χ1n) is 15.6. The van der Waals surface area contributed by atoms with Crippen molar-refractivity contribution in [3.63, 3.8) is 0 Å². The van der Waals surface area contributed by atoms with Gasteiger partial charge in [0.05, 0.1) is 11.5 Å². The monoisotopic (exact) mass is 477 g/mol. The Hall–Kier alpha value is -1.29. The van der Waals surface area contributed by atoms with Gasteiger partial charge in [-0.25, -0.2) is 0 Å². The highest BCUT2D eigenvalue weighted by atomic mass is 14.4. The quantitative estimate of drug-likeness (QED) is 0.244. The SMILES string of the molecule is CCCCCCCCc1ccc([C@H]2CC[C@H](CC[C@]3(C#N)CC[C@H](C[C@H](C)CC)CC3)CC2)cc1. The maximum absolute atomic E-state index is 10.1. The van der Waals surface area contributed by atoms with E-state index in [-0.39, 0.29) is 5.41 Å². The Labute approximate surface area is 218 Å². The zero-order valence-electron chi connectivity index (χ0n) is 23.5. The van der Waals surface area contributed by atoms with Crippen LogP contribution in [0, 0.1) is 34.5 Å². The molecule has 2 fully saturated rings.